The van der Waals surface area contributed by atoms with E-state index in [1.807, 2.05) is 52.9 Å². The van der Waals surface area contributed by atoms with Gasteiger partial charge in [-0.15, -0.1) is 0 Å². The molecule has 0 saturated carbocycles. The summed E-state index contributed by atoms with van der Waals surface area (Å²) < 4.78 is 10.6. The third-order valence-corrected chi connectivity index (χ3v) is 4.83. The number of benzene rings is 1. The normalized spacial score (nSPS) is 16.6. The van der Waals surface area contributed by atoms with E-state index in [2.05, 4.69) is 17.2 Å². The van der Waals surface area contributed by atoms with Gasteiger partial charge >= 0.3 is 11.9 Å². The second kappa shape index (κ2) is 8.61. The predicted molar refractivity (Wildman–Crippen MR) is 111 cm³/mol. The van der Waals surface area contributed by atoms with E-state index in [4.69, 9.17) is 9.47 Å². The molecule has 6 heteroatoms. The van der Waals surface area contributed by atoms with Crippen molar-refractivity contribution >= 4 is 34.5 Å². The Morgan fingerprint density at radius 2 is 1.70 bits per heavy atom. The van der Waals surface area contributed by atoms with E-state index in [9.17, 15) is 9.59 Å². The van der Waals surface area contributed by atoms with Crippen LogP contribution in [0.4, 0.5) is 0 Å². The summed E-state index contributed by atoms with van der Waals surface area (Å²) in [6.45, 7) is 8.63. The molecule has 27 heavy (non-hydrogen) atoms. The van der Waals surface area contributed by atoms with E-state index in [1.54, 1.807) is 27.7 Å². The van der Waals surface area contributed by atoms with Gasteiger partial charge in [0, 0.05) is 18.8 Å². The van der Waals surface area contributed by atoms with Crippen molar-refractivity contribution in [2.45, 2.75) is 55.2 Å². The number of hydrogen-bond donors (Lipinski definition) is 1. The van der Waals surface area contributed by atoms with Crippen molar-refractivity contribution in [2.24, 2.45) is 0 Å². The third kappa shape index (κ3) is 6.22. The lowest BCUT2D eigenvalue weighted by Gasteiger charge is -2.35. The van der Waals surface area contributed by atoms with Crippen molar-refractivity contribution in [3.8, 4) is 11.8 Å². The second-order valence-corrected chi connectivity index (χ2v) is 10.4. The van der Waals surface area contributed by atoms with Crippen LogP contribution in [0, 0.1) is 11.8 Å². The van der Waals surface area contributed by atoms with Crippen LogP contribution in [0.25, 0.3) is 0 Å². The first-order valence-electron chi connectivity index (χ1n) is 9.10. The Balaban J connectivity index is 2.13. The van der Waals surface area contributed by atoms with E-state index in [-0.39, 0.29) is 5.97 Å². The lowest BCUT2D eigenvalue weighted by molar-refractivity contribution is -0.668. The zero-order valence-corrected chi connectivity index (χ0v) is 18.5. The summed E-state index contributed by atoms with van der Waals surface area (Å²) in [6.07, 6.45) is 1.48. The Morgan fingerprint density at radius 1 is 1.11 bits per heavy atom. The molecule has 1 fully saturated rings. The first-order valence-corrected chi connectivity index (χ1v) is 10.2. The molecule has 0 bridgehead atoms. The molecule has 1 heterocycles. The standard InChI is InChI=1S/C21H26INO4/c1-19(2,27-18(25)20(3,4)22)11-10-17(24)26-21(12-14-23-15-13-21)16-8-6-5-7-9-16/h5-9,23H,12-15H2,1-4H3/p+1. The average Bonchev–Trinajstić information content (AvgIpc) is 2.60. The molecular formula is C21H27INO4+. The zero-order chi connectivity index (χ0) is 20.1. The van der Waals surface area contributed by atoms with Gasteiger partial charge in [-0.05, 0) is 39.2 Å². The number of halogens is 1. The van der Waals surface area contributed by atoms with E-state index in [0.29, 0.717) is 0 Å². The molecule has 0 aliphatic carbocycles. The van der Waals surface area contributed by atoms with Crippen LogP contribution in [0.3, 0.4) is 0 Å². The van der Waals surface area contributed by atoms with Crippen LogP contribution < -0.4 is 5.32 Å². The molecule has 0 unspecified atom stereocenters. The topological polar surface area (TPSA) is 69.2 Å². The highest BCUT2D eigenvalue weighted by atomic mass is 127. The fraction of sp³-hybridized carbons (Fsp3) is 0.524. The largest absolute Gasteiger partial charge is 0.445 e. The molecule has 0 spiro atoms. The molecule has 1 aromatic rings. The zero-order valence-electron chi connectivity index (χ0n) is 16.3. The van der Waals surface area contributed by atoms with Gasteiger partial charge in [0.05, 0.1) is 13.1 Å². The van der Waals surface area contributed by atoms with Crippen LogP contribution in [-0.2, 0) is 24.7 Å². The minimum absolute atomic E-state index is 0.376. The van der Waals surface area contributed by atoms with E-state index < -0.39 is 20.6 Å². The summed E-state index contributed by atoms with van der Waals surface area (Å²) in [4.78, 5) is 24.5. The monoisotopic (exact) mass is 484 g/mol. The first-order chi connectivity index (χ1) is 12.5. The quantitative estimate of drug-likeness (QED) is 0.234. The van der Waals surface area contributed by atoms with Gasteiger partial charge in [0.15, 0.2) is 5.60 Å². The van der Waals surface area contributed by atoms with Gasteiger partial charge in [0.25, 0.3) is 0 Å². The predicted octanol–water partition coefficient (Wildman–Crippen LogP) is 2.32. The van der Waals surface area contributed by atoms with Crippen LogP contribution in [0.1, 0.15) is 46.1 Å². The van der Waals surface area contributed by atoms with Gasteiger partial charge in [-0.2, -0.15) is 0 Å². The number of carbonyl (C=O) groups is 2. The number of ether oxygens (including phenoxy) is 2. The highest BCUT2D eigenvalue weighted by molar-refractivity contribution is 14.1. The summed E-state index contributed by atoms with van der Waals surface area (Å²) in [5.41, 5.74) is -0.725. The Hall–Kier alpha value is -1.59. The van der Waals surface area contributed by atoms with Gasteiger partial charge in [0.1, 0.15) is 9.02 Å². The van der Waals surface area contributed by atoms with Crippen molar-refractivity contribution in [3.63, 3.8) is 0 Å². The summed E-state index contributed by atoms with van der Waals surface area (Å²) in [6, 6.07) is 9.81. The SMILES string of the molecule is CC(C)(C#CC(=O)OC1(c2ccccc2)CC[NH2+]CC1)OC(=O)C(C)(C)I. The van der Waals surface area contributed by atoms with Crippen molar-refractivity contribution in [2.75, 3.05) is 13.1 Å². The second-order valence-electron chi connectivity index (χ2n) is 7.74. The summed E-state index contributed by atoms with van der Waals surface area (Å²) >= 11 is 2.01. The van der Waals surface area contributed by atoms with E-state index in [1.165, 1.54) is 0 Å². The van der Waals surface area contributed by atoms with Crippen LogP contribution in [0.2, 0.25) is 0 Å². The molecular weight excluding hydrogens is 457 g/mol. The number of nitrogens with two attached hydrogens (primary N) is 1. The first kappa shape index (κ1) is 21.7. The lowest BCUT2D eigenvalue weighted by atomic mass is 9.85. The third-order valence-electron chi connectivity index (χ3n) is 4.39. The number of esters is 2. The lowest BCUT2D eigenvalue weighted by Crippen LogP contribution is -2.87. The smallest absolute Gasteiger partial charge is 0.385 e. The van der Waals surface area contributed by atoms with Gasteiger partial charge in [-0.3, -0.25) is 4.79 Å². The Morgan fingerprint density at radius 3 is 2.26 bits per heavy atom. The van der Waals surface area contributed by atoms with Gasteiger partial charge in [-0.25, -0.2) is 4.79 Å². The highest BCUT2D eigenvalue weighted by Gasteiger charge is 2.39. The minimum Gasteiger partial charge on any atom is -0.445 e. The van der Waals surface area contributed by atoms with Gasteiger partial charge < -0.3 is 14.8 Å². The number of quaternary nitrogens is 1. The minimum atomic E-state index is -1.07. The fourth-order valence-electron chi connectivity index (χ4n) is 2.91. The van der Waals surface area contributed by atoms with Gasteiger partial charge in [-0.1, -0.05) is 52.9 Å². The molecule has 5 nitrogen and oxygen atoms in total. The maximum atomic E-state index is 12.5. The molecule has 146 valence electrons. The fourth-order valence-corrected chi connectivity index (χ4v) is 3.02. The maximum absolute atomic E-state index is 12.5. The molecule has 1 saturated heterocycles. The number of piperidine rings is 1. The van der Waals surface area contributed by atoms with Crippen molar-refractivity contribution in [1.82, 2.24) is 0 Å². The molecule has 1 aromatic carbocycles. The Kier molecular flexibility index (Phi) is 6.92. The molecule has 2 N–H and O–H groups in total. The molecule has 1 aliphatic rings. The summed E-state index contributed by atoms with van der Waals surface area (Å²) in [7, 11) is 0. The maximum Gasteiger partial charge on any atom is 0.385 e. The van der Waals surface area contributed by atoms with Crippen molar-refractivity contribution < 1.29 is 24.4 Å². The summed E-state index contributed by atoms with van der Waals surface area (Å²) in [5, 5.41) is 2.22. The number of alkyl halides is 1. The molecule has 0 radical (unpaired) electrons. The van der Waals surface area contributed by atoms with E-state index >= 15 is 0 Å². The number of hydrogen-bond acceptors (Lipinski definition) is 4. The average molecular weight is 484 g/mol. The van der Waals surface area contributed by atoms with Crippen molar-refractivity contribution in [3.05, 3.63) is 35.9 Å². The van der Waals surface area contributed by atoms with Crippen LogP contribution in [-0.4, -0.2) is 34.1 Å². The van der Waals surface area contributed by atoms with Crippen LogP contribution >= 0.6 is 22.6 Å². The molecule has 2 rings (SSSR count). The number of rotatable bonds is 4. The molecule has 1 aliphatic heterocycles. The van der Waals surface area contributed by atoms with Crippen LogP contribution in [0.5, 0.6) is 0 Å². The van der Waals surface area contributed by atoms with Crippen molar-refractivity contribution in [1.29, 1.82) is 0 Å². The molecule has 0 amide bonds. The summed E-state index contributed by atoms with van der Waals surface area (Å²) in [5.74, 6) is 4.29. The highest BCUT2D eigenvalue weighted by Crippen LogP contribution is 2.33. The Labute approximate surface area is 174 Å². The molecule has 0 atom stereocenters. The van der Waals surface area contributed by atoms with Crippen LogP contribution in [0.15, 0.2) is 30.3 Å². The Bertz CT molecular complexity index is 735. The molecule has 0 aromatic heterocycles. The van der Waals surface area contributed by atoms with Gasteiger partial charge in [0.2, 0.25) is 0 Å². The number of carbonyl (C=O) groups excluding carboxylic acids is 2. The van der Waals surface area contributed by atoms with E-state index in [0.717, 1.165) is 31.5 Å².